The summed E-state index contributed by atoms with van der Waals surface area (Å²) in [5, 5.41) is 0. The Labute approximate surface area is 206 Å². The van der Waals surface area contributed by atoms with Crippen LogP contribution in [0.2, 0.25) is 0 Å². The summed E-state index contributed by atoms with van der Waals surface area (Å²) in [5.74, 6) is -2.18. The van der Waals surface area contributed by atoms with Gasteiger partial charge < -0.3 is 4.74 Å². The second-order valence-corrected chi connectivity index (χ2v) is 10.2. The topological polar surface area (TPSA) is 9.23 Å². The molecule has 1 aliphatic carbocycles. The monoisotopic (exact) mass is 470 g/mol. The van der Waals surface area contributed by atoms with Crippen LogP contribution in [0.1, 0.15) is 109 Å². The van der Waals surface area contributed by atoms with E-state index in [1.54, 1.807) is 0 Å². The highest BCUT2D eigenvalue weighted by atomic mass is 19.3. The summed E-state index contributed by atoms with van der Waals surface area (Å²) in [6.07, 6.45) is 13.4. The molecule has 3 heteroatoms. The van der Waals surface area contributed by atoms with Crippen LogP contribution in [-0.4, -0.2) is 12.5 Å². The average Bonchev–Trinajstić information content (AvgIpc) is 2.84. The van der Waals surface area contributed by atoms with E-state index in [0.717, 1.165) is 67.6 Å². The Bertz CT molecular complexity index is 812. The van der Waals surface area contributed by atoms with Gasteiger partial charge in [-0.2, -0.15) is 0 Å². The minimum absolute atomic E-state index is 0.0450. The summed E-state index contributed by atoms with van der Waals surface area (Å²) >= 11 is 0. The summed E-state index contributed by atoms with van der Waals surface area (Å²) in [5.41, 5.74) is 2.92. The fourth-order valence-electron chi connectivity index (χ4n) is 5.31. The van der Waals surface area contributed by atoms with Gasteiger partial charge in [-0.25, -0.2) is 8.78 Å². The lowest BCUT2D eigenvalue weighted by molar-refractivity contribution is -0.0737. The first kappa shape index (κ1) is 26.7. The van der Waals surface area contributed by atoms with E-state index in [0.29, 0.717) is 6.42 Å². The van der Waals surface area contributed by atoms with Gasteiger partial charge in [0.25, 0.3) is 5.92 Å². The van der Waals surface area contributed by atoms with Gasteiger partial charge >= 0.3 is 0 Å². The highest BCUT2D eigenvalue weighted by molar-refractivity contribution is 5.64. The standard InChI is InChI=1S/C31H44F2O/c1-3-5-7-8-9-11-23-34-29-20-18-27(19-21-29)26-14-16-28(17-15-26)30-22-13-25(12-10-6-4-2)24-31(30,32)33/h14-21,25,30H,3-13,22-24H2,1-2H3/t25-,30+/m1/s1. The third kappa shape index (κ3) is 8.10. The molecule has 0 radical (unpaired) electrons. The number of hydrogen-bond donors (Lipinski definition) is 0. The maximum atomic E-state index is 15.0. The predicted octanol–water partition coefficient (Wildman–Crippen LogP) is 10.2. The van der Waals surface area contributed by atoms with Crippen LogP contribution in [0, 0.1) is 5.92 Å². The van der Waals surface area contributed by atoms with Crippen molar-refractivity contribution in [1.29, 1.82) is 0 Å². The zero-order valence-corrected chi connectivity index (χ0v) is 21.3. The zero-order valence-electron chi connectivity index (χ0n) is 21.3. The first-order valence-electron chi connectivity index (χ1n) is 13.7. The molecule has 34 heavy (non-hydrogen) atoms. The Morgan fingerprint density at radius 1 is 0.735 bits per heavy atom. The number of hydrogen-bond acceptors (Lipinski definition) is 1. The fraction of sp³-hybridized carbons (Fsp3) is 0.613. The Morgan fingerprint density at radius 3 is 1.97 bits per heavy atom. The van der Waals surface area contributed by atoms with Crippen molar-refractivity contribution < 1.29 is 13.5 Å². The molecule has 1 fully saturated rings. The molecule has 2 aromatic carbocycles. The van der Waals surface area contributed by atoms with E-state index in [1.807, 2.05) is 36.4 Å². The van der Waals surface area contributed by atoms with Crippen molar-refractivity contribution >= 4 is 0 Å². The fourth-order valence-corrected chi connectivity index (χ4v) is 5.31. The largest absolute Gasteiger partial charge is 0.494 e. The van der Waals surface area contributed by atoms with Crippen molar-refractivity contribution in [3.8, 4) is 16.9 Å². The van der Waals surface area contributed by atoms with Crippen LogP contribution in [0.3, 0.4) is 0 Å². The third-order valence-corrected chi connectivity index (χ3v) is 7.42. The van der Waals surface area contributed by atoms with Gasteiger partial charge in [0.15, 0.2) is 0 Å². The van der Waals surface area contributed by atoms with Gasteiger partial charge in [0.05, 0.1) is 6.61 Å². The maximum Gasteiger partial charge on any atom is 0.255 e. The molecule has 0 aliphatic heterocycles. The number of rotatable bonds is 14. The highest BCUT2D eigenvalue weighted by Crippen LogP contribution is 2.48. The van der Waals surface area contributed by atoms with Crippen LogP contribution >= 0.6 is 0 Å². The number of alkyl halides is 2. The summed E-state index contributed by atoms with van der Waals surface area (Å²) in [7, 11) is 0. The van der Waals surface area contributed by atoms with E-state index in [2.05, 4.69) is 26.0 Å². The average molecular weight is 471 g/mol. The summed E-state index contributed by atoms with van der Waals surface area (Å²) < 4.78 is 35.8. The van der Waals surface area contributed by atoms with Crippen molar-refractivity contribution in [2.75, 3.05) is 6.61 Å². The predicted molar refractivity (Wildman–Crippen MR) is 140 cm³/mol. The van der Waals surface area contributed by atoms with Crippen molar-refractivity contribution in [3.05, 3.63) is 54.1 Å². The lowest BCUT2D eigenvalue weighted by Crippen LogP contribution is -2.34. The molecular formula is C31H44F2O. The van der Waals surface area contributed by atoms with Crippen LogP contribution in [-0.2, 0) is 0 Å². The van der Waals surface area contributed by atoms with Gasteiger partial charge in [0.2, 0.25) is 0 Å². The molecule has 0 heterocycles. The van der Waals surface area contributed by atoms with Crippen molar-refractivity contribution in [2.24, 2.45) is 5.92 Å². The van der Waals surface area contributed by atoms with E-state index < -0.39 is 11.8 Å². The first-order chi connectivity index (χ1) is 16.5. The normalized spacial score (nSPS) is 19.8. The van der Waals surface area contributed by atoms with Crippen LogP contribution in [0.25, 0.3) is 11.1 Å². The molecular weight excluding hydrogens is 426 g/mol. The van der Waals surface area contributed by atoms with Crippen molar-refractivity contribution in [1.82, 2.24) is 0 Å². The van der Waals surface area contributed by atoms with Gasteiger partial charge in [-0.05, 0) is 54.0 Å². The smallest absolute Gasteiger partial charge is 0.255 e. The van der Waals surface area contributed by atoms with Gasteiger partial charge in [-0.1, -0.05) is 108 Å². The summed E-state index contributed by atoms with van der Waals surface area (Å²) in [6, 6.07) is 15.9. The van der Waals surface area contributed by atoms with Gasteiger partial charge in [-0.3, -0.25) is 0 Å². The van der Waals surface area contributed by atoms with Crippen LogP contribution in [0.15, 0.2) is 48.5 Å². The maximum absolute atomic E-state index is 15.0. The molecule has 0 spiro atoms. The summed E-state index contributed by atoms with van der Waals surface area (Å²) in [6.45, 7) is 5.16. The molecule has 0 unspecified atom stereocenters. The van der Waals surface area contributed by atoms with E-state index in [4.69, 9.17) is 4.74 Å². The SMILES string of the molecule is CCCCCCCCOc1ccc(-c2ccc([C@@H]3CC[C@@H](CCCCC)CC3(F)F)cc2)cc1. The first-order valence-corrected chi connectivity index (χ1v) is 13.7. The van der Waals surface area contributed by atoms with Crippen LogP contribution < -0.4 is 4.74 Å². The molecule has 0 bridgehead atoms. The number of halogens is 2. The summed E-state index contributed by atoms with van der Waals surface area (Å²) in [4.78, 5) is 0. The molecule has 2 aromatic rings. The third-order valence-electron chi connectivity index (χ3n) is 7.42. The molecule has 188 valence electrons. The minimum atomic E-state index is -2.61. The second kappa shape index (κ2) is 13.9. The zero-order chi connectivity index (χ0) is 24.2. The molecule has 0 aromatic heterocycles. The highest BCUT2D eigenvalue weighted by Gasteiger charge is 2.45. The van der Waals surface area contributed by atoms with Crippen LogP contribution in [0.4, 0.5) is 8.78 Å². The van der Waals surface area contributed by atoms with Crippen molar-refractivity contribution in [2.45, 2.75) is 109 Å². The second-order valence-electron chi connectivity index (χ2n) is 10.2. The minimum Gasteiger partial charge on any atom is -0.494 e. The van der Waals surface area contributed by atoms with E-state index in [-0.39, 0.29) is 12.3 Å². The Kier molecular flexibility index (Phi) is 10.9. The molecule has 0 saturated heterocycles. The molecule has 0 N–H and O–H groups in total. The number of ether oxygens (including phenoxy) is 1. The molecule has 3 rings (SSSR count). The quantitative estimate of drug-likeness (QED) is 0.250. The van der Waals surface area contributed by atoms with Gasteiger partial charge in [0, 0.05) is 12.3 Å². The van der Waals surface area contributed by atoms with Gasteiger partial charge in [0.1, 0.15) is 5.75 Å². The lowest BCUT2D eigenvalue weighted by Gasteiger charge is -2.36. The number of unbranched alkanes of at least 4 members (excludes halogenated alkanes) is 7. The lowest BCUT2D eigenvalue weighted by atomic mass is 9.74. The molecule has 1 aliphatic rings. The molecule has 0 amide bonds. The Hall–Kier alpha value is -1.90. The molecule has 1 saturated carbocycles. The van der Waals surface area contributed by atoms with Crippen molar-refractivity contribution in [3.63, 3.8) is 0 Å². The Morgan fingerprint density at radius 2 is 1.32 bits per heavy atom. The van der Waals surface area contributed by atoms with E-state index in [1.165, 1.54) is 32.1 Å². The number of benzene rings is 2. The van der Waals surface area contributed by atoms with Crippen LogP contribution in [0.5, 0.6) is 5.75 Å². The Balaban J connectivity index is 1.49. The van der Waals surface area contributed by atoms with E-state index >= 15 is 0 Å². The molecule has 2 atom stereocenters. The molecule has 1 nitrogen and oxygen atoms in total. The van der Waals surface area contributed by atoms with Gasteiger partial charge in [-0.15, -0.1) is 0 Å². The van der Waals surface area contributed by atoms with E-state index in [9.17, 15) is 8.78 Å².